The topological polar surface area (TPSA) is 74.8 Å². The van der Waals surface area contributed by atoms with Crippen LogP contribution in [0.1, 0.15) is 25.7 Å². The van der Waals surface area contributed by atoms with Gasteiger partial charge in [-0.15, -0.1) is 24.0 Å². The Labute approximate surface area is 137 Å². The van der Waals surface area contributed by atoms with Gasteiger partial charge in [-0.1, -0.05) is 0 Å². The van der Waals surface area contributed by atoms with E-state index in [9.17, 15) is 4.79 Å². The quantitative estimate of drug-likeness (QED) is 0.264. The summed E-state index contributed by atoms with van der Waals surface area (Å²) in [6.07, 6.45) is 4.65. The molecule has 0 bridgehead atoms. The van der Waals surface area contributed by atoms with Crippen LogP contribution in [0.4, 0.5) is 0 Å². The summed E-state index contributed by atoms with van der Waals surface area (Å²) in [5.41, 5.74) is 0. The van der Waals surface area contributed by atoms with Crippen LogP contribution < -0.4 is 16.0 Å². The van der Waals surface area contributed by atoms with Crippen LogP contribution in [0.3, 0.4) is 0 Å². The number of amides is 1. The molecule has 2 fully saturated rings. The van der Waals surface area contributed by atoms with Gasteiger partial charge in [0, 0.05) is 39.2 Å². The third-order valence-electron chi connectivity index (χ3n) is 3.41. The van der Waals surface area contributed by atoms with Crippen LogP contribution in [-0.2, 0) is 9.53 Å². The Bertz CT molecular complexity index is 328. The maximum Gasteiger partial charge on any atom is 0.223 e. The van der Waals surface area contributed by atoms with E-state index in [1.54, 1.807) is 7.05 Å². The van der Waals surface area contributed by atoms with Gasteiger partial charge in [0.05, 0.1) is 6.10 Å². The van der Waals surface area contributed by atoms with Gasteiger partial charge in [0.25, 0.3) is 0 Å². The normalized spacial score (nSPS) is 22.1. The molecule has 1 aliphatic carbocycles. The van der Waals surface area contributed by atoms with Crippen LogP contribution in [0.15, 0.2) is 4.99 Å². The second kappa shape index (κ2) is 9.38. The number of hydrogen-bond donors (Lipinski definition) is 3. The van der Waals surface area contributed by atoms with E-state index in [2.05, 4.69) is 20.9 Å². The molecule has 1 saturated carbocycles. The molecule has 6 nitrogen and oxygen atoms in total. The van der Waals surface area contributed by atoms with Crippen molar-refractivity contribution >= 4 is 35.8 Å². The minimum absolute atomic E-state index is 0. The van der Waals surface area contributed by atoms with Crippen LogP contribution >= 0.6 is 24.0 Å². The average Bonchev–Trinajstić information content (AvgIpc) is 3.15. The highest BCUT2D eigenvalue weighted by molar-refractivity contribution is 14.0. The Hall–Kier alpha value is -0.570. The van der Waals surface area contributed by atoms with Crippen molar-refractivity contribution < 1.29 is 9.53 Å². The second-order valence-corrected chi connectivity index (χ2v) is 5.08. The van der Waals surface area contributed by atoms with Gasteiger partial charge in [-0.05, 0) is 25.7 Å². The number of nitrogens with zero attached hydrogens (tertiary/aromatic N) is 1. The zero-order valence-corrected chi connectivity index (χ0v) is 14.3. The number of carbonyl (C=O) groups excluding carboxylic acids is 1. The highest BCUT2D eigenvalue weighted by Gasteiger charge is 2.28. The highest BCUT2D eigenvalue weighted by atomic mass is 127. The molecule has 1 saturated heterocycles. The summed E-state index contributed by atoms with van der Waals surface area (Å²) in [4.78, 5) is 15.6. The van der Waals surface area contributed by atoms with Crippen molar-refractivity contribution in [1.82, 2.24) is 16.0 Å². The Balaban J connectivity index is 0.00000200. The van der Waals surface area contributed by atoms with Gasteiger partial charge < -0.3 is 20.7 Å². The number of nitrogens with one attached hydrogen (secondary N) is 3. The lowest BCUT2D eigenvalue weighted by Gasteiger charge is -2.15. The first-order valence-corrected chi connectivity index (χ1v) is 7.13. The molecule has 1 heterocycles. The molecule has 0 spiro atoms. The van der Waals surface area contributed by atoms with E-state index >= 15 is 0 Å². The molecule has 1 amide bonds. The molecule has 1 aliphatic heterocycles. The van der Waals surface area contributed by atoms with Crippen molar-refractivity contribution in [1.29, 1.82) is 0 Å². The van der Waals surface area contributed by atoms with Crippen molar-refractivity contribution in [3.05, 3.63) is 0 Å². The van der Waals surface area contributed by atoms with Crippen molar-refractivity contribution in [3.8, 4) is 0 Å². The van der Waals surface area contributed by atoms with Crippen molar-refractivity contribution in [2.75, 3.05) is 33.3 Å². The molecule has 3 N–H and O–H groups in total. The lowest BCUT2D eigenvalue weighted by atomic mass is 10.2. The first kappa shape index (κ1) is 17.5. The Morgan fingerprint density at radius 1 is 1.20 bits per heavy atom. The summed E-state index contributed by atoms with van der Waals surface area (Å²) in [5, 5.41) is 9.32. The number of halogens is 1. The second-order valence-electron chi connectivity index (χ2n) is 5.08. The number of aliphatic imine (C=N–C) groups is 1. The van der Waals surface area contributed by atoms with Crippen LogP contribution in [-0.4, -0.2) is 51.3 Å². The molecule has 0 aromatic heterocycles. The molecule has 7 heteroatoms. The summed E-state index contributed by atoms with van der Waals surface area (Å²) < 4.78 is 5.54. The lowest BCUT2D eigenvalue weighted by Crippen LogP contribution is -2.44. The standard InChI is InChI=1S/C13H24N4O2.HI/c1-14-13(17-9-11-3-2-8-19-11)16-7-6-15-12(18)10-4-5-10;/h10-11H,2-9H2,1H3,(H,15,18)(H2,14,16,17);1H. The minimum atomic E-state index is 0. The number of ether oxygens (including phenoxy) is 1. The summed E-state index contributed by atoms with van der Waals surface area (Å²) in [5.74, 6) is 1.22. The van der Waals surface area contributed by atoms with E-state index in [4.69, 9.17) is 4.74 Å². The fraction of sp³-hybridized carbons (Fsp3) is 0.846. The summed E-state index contributed by atoms with van der Waals surface area (Å²) in [6.45, 7) is 2.97. The van der Waals surface area contributed by atoms with E-state index in [0.29, 0.717) is 19.2 Å². The molecule has 20 heavy (non-hydrogen) atoms. The maximum atomic E-state index is 11.4. The first-order valence-electron chi connectivity index (χ1n) is 7.13. The van der Waals surface area contributed by atoms with Crippen LogP contribution in [0, 0.1) is 5.92 Å². The smallest absolute Gasteiger partial charge is 0.223 e. The van der Waals surface area contributed by atoms with E-state index in [-0.39, 0.29) is 35.8 Å². The zero-order chi connectivity index (χ0) is 13.5. The Kier molecular flexibility index (Phi) is 8.20. The largest absolute Gasteiger partial charge is 0.376 e. The molecule has 1 unspecified atom stereocenters. The molecule has 0 aromatic rings. The molecule has 1 atom stereocenters. The molecule has 0 aromatic carbocycles. The van der Waals surface area contributed by atoms with Gasteiger partial charge in [-0.3, -0.25) is 9.79 Å². The van der Waals surface area contributed by atoms with Crippen LogP contribution in [0.5, 0.6) is 0 Å². The average molecular weight is 396 g/mol. The number of carbonyl (C=O) groups is 1. The first-order chi connectivity index (χ1) is 9.29. The molecular weight excluding hydrogens is 371 g/mol. The molecule has 0 radical (unpaired) electrons. The lowest BCUT2D eigenvalue weighted by molar-refractivity contribution is -0.122. The molecule has 116 valence electrons. The number of rotatable bonds is 6. The predicted octanol–water partition coefficient (Wildman–Crippen LogP) is 0.475. The Morgan fingerprint density at radius 3 is 2.55 bits per heavy atom. The van der Waals surface area contributed by atoms with Gasteiger partial charge in [0.2, 0.25) is 5.91 Å². The van der Waals surface area contributed by atoms with Gasteiger partial charge in [-0.2, -0.15) is 0 Å². The fourth-order valence-electron chi connectivity index (χ4n) is 2.09. The number of hydrogen-bond acceptors (Lipinski definition) is 3. The SMILES string of the molecule is CN=C(NCCNC(=O)C1CC1)NCC1CCCO1.I. The minimum Gasteiger partial charge on any atom is -0.376 e. The maximum absolute atomic E-state index is 11.4. The van der Waals surface area contributed by atoms with Gasteiger partial charge in [-0.25, -0.2) is 0 Å². The van der Waals surface area contributed by atoms with Gasteiger partial charge in [0.1, 0.15) is 0 Å². The zero-order valence-electron chi connectivity index (χ0n) is 12.0. The van der Waals surface area contributed by atoms with E-state index in [1.165, 1.54) is 0 Å². The third kappa shape index (κ3) is 6.25. The van der Waals surface area contributed by atoms with E-state index in [0.717, 1.165) is 44.8 Å². The molecular formula is C13H25IN4O2. The van der Waals surface area contributed by atoms with Crippen LogP contribution in [0.2, 0.25) is 0 Å². The van der Waals surface area contributed by atoms with Gasteiger partial charge >= 0.3 is 0 Å². The van der Waals surface area contributed by atoms with Crippen LogP contribution in [0.25, 0.3) is 0 Å². The van der Waals surface area contributed by atoms with Crippen molar-refractivity contribution in [2.24, 2.45) is 10.9 Å². The number of guanidine groups is 1. The van der Waals surface area contributed by atoms with Crippen molar-refractivity contribution in [3.63, 3.8) is 0 Å². The molecule has 2 aliphatic rings. The van der Waals surface area contributed by atoms with Crippen molar-refractivity contribution in [2.45, 2.75) is 31.8 Å². The summed E-state index contributed by atoms with van der Waals surface area (Å²) in [7, 11) is 1.74. The summed E-state index contributed by atoms with van der Waals surface area (Å²) >= 11 is 0. The monoisotopic (exact) mass is 396 g/mol. The van der Waals surface area contributed by atoms with E-state index < -0.39 is 0 Å². The predicted molar refractivity (Wildman–Crippen MR) is 89.5 cm³/mol. The van der Waals surface area contributed by atoms with E-state index in [1.807, 2.05) is 0 Å². The summed E-state index contributed by atoms with van der Waals surface area (Å²) in [6, 6.07) is 0. The Morgan fingerprint density at radius 2 is 1.95 bits per heavy atom. The fourth-order valence-corrected chi connectivity index (χ4v) is 2.09. The third-order valence-corrected chi connectivity index (χ3v) is 3.41. The molecule has 2 rings (SSSR count). The highest BCUT2D eigenvalue weighted by Crippen LogP contribution is 2.28. The van der Waals surface area contributed by atoms with Gasteiger partial charge in [0.15, 0.2) is 5.96 Å².